The van der Waals surface area contributed by atoms with Crippen LogP contribution in [0.5, 0.6) is 0 Å². The lowest BCUT2D eigenvalue weighted by molar-refractivity contribution is 0.0694. The van der Waals surface area contributed by atoms with Gasteiger partial charge >= 0.3 is 5.97 Å². The van der Waals surface area contributed by atoms with Gasteiger partial charge in [-0.3, -0.25) is 0 Å². The van der Waals surface area contributed by atoms with Crippen LogP contribution in [0.4, 0.5) is 5.69 Å². The third-order valence-corrected chi connectivity index (χ3v) is 4.18. The molecule has 0 saturated heterocycles. The molecule has 0 spiro atoms. The Hall–Kier alpha value is -1.20. The summed E-state index contributed by atoms with van der Waals surface area (Å²) in [4.78, 5) is 12.3. The number of anilines is 1. The largest absolute Gasteiger partial charge is 0.478 e. The summed E-state index contributed by atoms with van der Waals surface area (Å²) in [5.41, 5.74) is 1.01. The topological polar surface area (TPSA) is 69.6 Å². The van der Waals surface area contributed by atoms with Gasteiger partial charge < -0.3 is 15.5 Å². The quantitative estimate of drug-likeness (QED) is 0.610. The second-order valence-corrected chi connectivity index (χ2v) is 5.89. The Morgan fingerprint density at radius 3 is 2.70 bits per heavy atom. The van der Waals surface area contributed by atoms with Crippen LogP contribution in [0.1, 0.15) is 37.0 Å². The van der Waals surface area contributed by atoms with Crippen molar-refractivity contribution in [1.82, 2.24) is 0 Å². The molecule has 0 saturated carbocycles. The van der Waals surface area contributed by atoms with E-state index in [4.69, 9.17) is 5.11 Å². The Morgan fingerprint density at radius 1 is 1.40 bits per heavy atom. The molecular weight excluding hydrogens is 274 g/mol. The number of carboxylic acids is 1. The summed E-state index contributed by atoms with van der Waals surface area (Å²) in [6.07, 6.45) is 1.69. The fourth-order valence-corrected chi connectivity index (χ4v) is 2.89. The Kier molecular flexibility index (Phi) is 7.47. The van der Waals surface area contributed by atoms with Gasteiger partial charge in [0.2, 0.25) is 0 Å². The number of rotatable bonds is 9. The van der Waals surface area contributed by atoms with Gasteiger partial charge in [-0.05, 0) is 30.2 Å². The molecule has 0 fully saturated rings. The van der Waals surface area contributed by atoms with E-state index in [2.05, 4.69) is 12.2 Å². The molecule has 0 aliphatic rings. The number of hydrogen-bond donors (Lipinski definition) is 3. The van der Waals surface area contributed by atoms with Crippen molar-refractivity contribution in [2.45, 2.75) is 31.6 Å². The van der Waals surface area contributed by atoms with E-state index in [0.29, 0.717) is 23.7 Å². The van der Waals surface area contributed by atoms with Gasteiger partial charge in [-0.1, -0.05) is 26.3 Å². The standard InChI is InChI=1S/C15H23NO3S/c1-3-11(8-9-17)10-16-12-6-5-7-13(20-4-2)14(12)15(18)19/h5-7,11,16-17H,3-4,8-10H2,1-2H3,(H,18,19). The van der Waals surface area contributed by atoms with Crippen molar-refractivity contribution in [2.24, 2.45) is 5.92 Å². The van der Waals surface area contributed by atoms with Gasteiger partial charge in [-0.2, -0.15) is 0 Å². The summed E-state index contributed by atoms with van der Waals surface area (Å²) in [6.45, 7) is 4.92. The average molecular weight is 297 g/mol. The van der Waals surface area contributed by atoms with Gasteiger partial charge in [0.25, 0.3) is 0 Å². The average Bonchev–Trinajstić information content (AvgIpc) is 2.43. The highest BCUT2D eigenvalue weighted by Crippen LogP contribution is 2.29. The van der Waals surface area contributed by atoms with Crippen molar-refractivity contribution in [1.29, 1.82) is 0 Å². The van der Waals surface area contributed by atoms with E-state index < -0.39 is 5.97 Å². The van der Waals surface area contributed by atoms with Crippen LogP contribution in [-0.4, -0.2) is 35.1 Å². The van der Waals surface area contributed by atoms with E-state index >= 15 is 0 Å². The molecule has 20 heavy (non-hydrogen) atoms. The third-order valence-electron chi connectivity index (χ3n) is 3.24. The number of aromatic carboxylic acids is 1. The lowest BCUT2D eigenvalue weighted by Gasteiger charge is -2.17. The highest BCUT2D eigenvalue weighted by molar-refractivity contribution is 7.99. The smallest absolute Gasteiger partial charge is 0.338 e. The van der Waals surface area contributed by atoms with E-state index in [-0.39, 0.29) is 6.61 Å². The molecule has 3 N–H and O–H groups in total. The lowest BCUT2D eigenvalue weighted by atomic mass is 10.0. The van der Waals surface area contributed by atoms with Crippen molar-refractivity contribution in [3.8, 4) is 0 Å². The molecule has 0 heterocycles. The molecule has 5 heteroatoms. The van der Waals surface area contributed by atoms with E-state index in [0.717, 1.165) is 23.5 Å². The van der Waals surface area contributed by atoms with Crippen LogP contribution in [0.2, 0.25) is 0 Å². The van der Waals surface area contributed by atoms with Crippen LogP contribution in [0, 0.1) is 5.92 Å². The maximum atomic E-state index is 11.5. The summed E-state index contributed by atoms with van der Waals surface area (Å²) >= 11 is 1.53. The molecule has 0 aromatic heterocycles. The van der Waals surface area contributed by atoms with Crippen LogP contribution in [-0.2, 0) is 0 Å². The van der Waals surface area contributed by atoms with Crippen molar-refractivity contribution in [2.75, 3.05) is 24.2 Å². The molecule has 112 valence electrons. The minimum Gasteiger partial charge on any atom is -0.478 e. The summed E-state index contributed by atoms with van der Waals surface area (Å²) < 4.78 is 0. The maximum Gasteiger partial charge on any atom is 0.338 e. The molecular formula is C15H23NO3S. The third kappa shape index (κ3) is 4.72. The summed E-state index contributed by atoms with van der Waals surface area (Å²) in [5, 5.41) is 21.6. The van der Waals surface area contributed by atoms with Crippen LogP contribution >= 0.6 is 11.8 Å². The van der Waals surface area contributed by atoms with Gasteiger partial charge in [0.15, 0.2) is 0 Å². The second-order valence-electron chi connectivity index (χ2n) is 4.58. The van der Waals surface area contributed by atoms with E-state index in [1.54, 1.807) is 6.07 Å². The van der Waals surface area contributed by atoms with Crippen molar-refractivity contribution in [3.63, 3.8) is 0 Å². The summed E-state index contributed by atoms with van der Waals surface area (Å²) in [7, 11) is 0. The van der Waals surface area contributed by atoms with Crippen molar-refractivity contribution >= 4 is 23.4 Å². The van der Waals surface area contributed by atoms with Crippen LogP contribution in [0.15, 0.2) is 23.1 Å². The molecule has 0 aliphatic carbocycles. The van der Waals surface area contributed by atoms with Crippen LogP contribution < -0.4 is 5.32 Å². The molecule has 1 unspecified atom stereocenters. The van der Waals surface area contributed by atoms with Crippen LogP contribution in [0.25, 0.3) is 0 Å². The number of carboxylic acid groups (broad SMARTS) is 1. The normalized spacial score (nSPS) is 12.2. The SMILES string of the molecule is CCSc1cccc(NCC(CC)CCO)c1C(=O)O. The van der Waals surface area contributed by atoms with Gasteiger partial charge in [-0.15, -0.1) is 11.8 Å². The number of thioether (sulfide) groups is 1. The van der Waals surface area contributed by atoms with Gasteiger partial charge in [-0.25, -0.2) is 4.79 Å². The first-order valence-corrected chi connectivity index (χ1v) is 7.96. The fraction of sp³-hybridized carbons (Fsp3) is 0.533. The number of aliphatic hydroxyl groups excluding tert-OH is 1. The Morgan fingerprint density at radius 2 is 2.15 bits per heavy atom. The van der Waals surface area contributed by atoms with E-state index in [1.807, 2.05) is 19.1 Å². The Balaban J connectivity index is 2.88. The first-order chi connectivity index (χ1) is 9.63. The highest BCUT2D eigenvalue weighted by atomic mass is 32.2. The van der Waals surface area contributed by atoms with E-state index in [9.17, 15) is 9.90 Å². The number of benzene rings is 1. The highest BCUT2D eigenvalue weighted by Gasteiger charge is 2.16. The molecule has 1 atom stereocenters. The molecule has 1 aromatic carbocycles. The predicted octanol–water partition coefficient (Wildman–Crippen LogP) is 3.32. The summed E-state index contributed by atoms with van der Waals surface area (Å²) in [6, 6.07) is 5.52. The first-order valence-electron chi connectivity index (χ1n) is 6.97. The first kappa shape index (κ1) is 16.9. The van der Waals surface area contributed by atoms with Gasteiger partial charge in [0, 0.05) is 23.7 Å². The predicted molar refractivity (Wildman–Crippen MR) is 83.8 cm³/mol. The zero-order valence-corrected chi connectivity index (χ0v) is 12.9. The van der Waals surface area contributed by atoms with Crippen molar-refractivity contribution in [3.05, 3.63) is 23.8 Å². The molecule has 1 aromatic rings. The number of carbonyl (C=O) groups is 1. The zero-order chi connectivity index (χ0) is 15.0. The fourth-order valence-electron chi connectivity index (χ4n) is 2.06. The minimum absolute atomic E-state index is 0.164. The molecule has 1 rings (SSSR count). The second kappa shape index (κ2) is 8.87. The Labute approximate surface area is 124 Å². The molecule has 0 aliphatic heterocycles. The molecule has 0 bridgehead atoms. The zero-order valence-electron chi connectivity index (χ0n) is 12.1. The summed E-state index contributed by atoms with van der Waals surface area (Å²) in [5.74, 6) is 0.287. The minimum atomic E-state index is -0.903. The number of nitrogens with one attached hydrogen (secondary N) is 1. The van der Waals surface area contributed by atoms with Gasteiger partial charge in [0.1, 0.15) is 0 Å². The van der Waals surface area contributed by atoms with E-state index in [1.165, 1.54) is 11.8 Å². The molecule has 4 nitrogen and oxygen atoms in total. The van der Waals surface area contributed by atoms with Gasteiger partial charge in [0.05, 0.1) is 5.56 Å². The van der Waals surface area contributed by atoms with Crippen molar-refractivity contribution < 1.29 is 15.0 Å². The molecule has 0 amide bonds. The number of aliphatic hydroxyl groups is 1. The Bertz CT molecular complexity index is 437. The monoisotopic (exact) mass is 297 g/mol. The lowest BCUT2D eigenvalue weighted by Crippen LogP contribution is -2.17. The number of hydrogen-bond acceptors (Lipinski definition) is 4. The maximum absolute atomic E-state index is 11.5. The van der Waals surface area contributed by atoms with Crippen LogP contribution in [0.3, 0.4) is 0 Å². The molecule has 0 radical (unpaired) electrons.